The van der Waals surface area contributed by atoms with E-state index >= 15 is 0 Å². The third-order valence-electron chi connectivity index (χ3n) is 6.97. The zero-order valence-electron chi connectivity index (χ0n) is 19.1. The molecule has 0 amide bonds. The van der Waals surface area contributed by atoms with Gasteiger partial charge in [-0.05, 0) is 39.4 Å². The second-order valence-electron chi connectivity index (χ2n) is 9.24. The maximum absolute atomic E-state index is 6.90. The number of fused-ring (bicyclic) bond motifs is 1. The van der Waals surface area contributed by atoms with Crippen molar-refractivity contribution < 1.29 is 4.74 Å². The molecule has 0 spiro atoms. The zero-order valence-corrected chi connectivity index (χ0v) is 19.1. The highest BCUT2D eigenvalue weighted by Gasteiger charge is 2.43. The molecule has 1 aliphatic carbocycles. The molecule has 170 valence electrons. The van der Waals surface area contributed by atoms with E-state index in [9.17, 15) is 0 Å². The Kier molecular flexibility index (Phi) is 5.17. The van der Waals surface area contributed by atoms with Crippen molar-refractivity contribution in [2.45, 2.75) is 43.8 Å². The number of aromatic nitrogens is 4. The predicted octanol–water partition coefficient (Wildman–Crippen LogP) is 1.18. The van der Waals surface area contributed by atoms with Crippen molar-refractivity contribution in [1.82, 2.24) is 29.5 Å². The number of hydrogen-bond donors (Lipinski definition) is 2. The largest absolute Gasteiger partial charge is 0.499 e. The summed E-state index contributed by atoms with van der Waals surface area (Å²) in [6.45, 7) is 2.83. The lowest BCUT2D eigenvalue weighted by molar-refractivity contribution is 0.0930. The van der Waals surface area contributed by atoms with Crippen LogP contribution in [0.25, 0.3) is 11.3 Å². The number of rotatable bonds is 5. The highest BCUT2D eigenvalue weighted by Crippen LogP contribution is 2.39. The molecular formula is C23H32N8O. The molecule has 1 atom stereocenters. The SMILES string of the molecule is COC1=CC(N2CC(N(C)C)C2)=C(N)CC1(N)c1nccc(-c2cnn3c2CCCC3)n1. The third-order valence-corrected chi connectivity index (χ3v) is 6.97. The monoisotopic (exact) mass is 436 g/mol. The standard InChI is InChI=1S/C23H32N8O/c1-29(2)15-13-30(14-15)20-10-21(32-3)23(25,11-17(20)24)22-26-8-7-18(28-22)16-12-27-31-9-5-4-6-19(16)31/h7-8,10,12,15H,4-6,9,11,13-14,24-25H2,1-3H3. The Morgan fingerprint density at radius 3 is 2.81 bits per heavy atom. The molecule has 0 aromatic carbocycles. The van der Waals surface area contributed by atoms with Crippen LogP contribution in [0.1, 0.15) is 30.8 Å². The minimum absolute atomic E-state index is 0.403. The van der Waals surface area contributed by atoms with Crippen LogP contribution < -0.4 is 11.5 Å². The Labute approximate surface area is 188 Å². The van der Waals surface area contributed by atoms with Crippen LogP contribution in [-0.2, 0) is 23.2 Å². The molecule has 32 heavy (non-hydrogen) atoms. The van der Waals surface area contributed by atoms with Gasteiger partial charge in [-0.2, -0.15) is 5.10 Å². The number of aryl methyl sites for hydroxylation is 1. The maximum atomic E-state index is 6.90. The van der Waals surface area contributed by atoms with Gasteiger partial charge in [-0.3, -0.25) is 4.68 Å². The Morgan fingerprint density at radius 2 is 2.06 bits per heavy atom. The molecule has 1 fully saturated rings. The lowest BCUT2D eigenvalue weighted by Gasteiger charge is -2.47. The van der Waals surface area contributed by atoms with Crippen molar-refractivity contribution in [2.75, 3.05) is 34.3 Å². The molecule has 5 rings (SSSR count). The number of methoxy groups -OCH3 is 1. The number of nitrogens with two attached hydrogens (primary N) is 2. The zero-order chi connectivity index (χ0) is 22.5. The highest BCUT2D eigenvalue weighted by molar-refractivity contribution is 5.61. The van der Waals surface area contributed by atoms with Crippen LogP contribution in [0.15, 0.2) is 41.7 Å². The molecule has 0 bridgehead atoms. The minimum Gasteiger partial charge on any atom is -0.499 e. The molecule has 2 aliphatic heterocycles. The molecule has 4 N–H and O–H groups in total. The van der Waals surface area contributed by atoms with E-state index in [0.717, 1.165) is 55.1 Å². The van der Waals surface area contributed by atoms with Gasteiger partial charge in [0.1, 0.15) is 11.3 Å². The quantitative estimate of drug-likeness (QED) is 0.719. The van der Waals surface area contributed by atoms with Crippen molar-refractivity contribution in [2.24, 2.45) is 11.5 Å². The van der Waals surface area contributed by atoms with Crippen LogP contribution in [-0.4, -0.2) is 69.9 Å². The molecule has 0 saturated carbocycles. The Morgan fingerprint density at radius 1 is 1.25 bits per heavy atom. The van der Waals surface area contributed by atoms with E-state index in [2.05, 4.69) is 38.7 Å². The Hall–Kier alpha value is -2.91. The van der Waals surface area contributed by atoms with Crippen LogP contribution in [0.2, 0.25) is 0 Å². The first-order valence-corrected chi connectivity index (χ1v) is 11.2. The average molecular weight is 437 g/mol. The molecule has 3 aliphatic rings. The van der Waals surface area contributed by atoms with Gasteiger partial charge in [-0.15, -0.1) is 0 Å². The first kappa shape index (κ1) is 21.0. The van der Waals surface area contributed by atoms with E-state index < -0.39 is 5.54 Å². The first-order valence-electron chi connectivity index (χ1n) is 11.2. The van der Waals surface area contributed by atoms with Crippen LogP contribution in [0.4, 0.5) is 0 Å². The molecular weight excluding hydrogens is 404 g/mol. The van der Waals surface area contributed by atoms with Gasteiger partial charge in [0.2, 0.25) is 0 Å². The number of likely N-dealkylation sites (tertiary alicyclic amines) is 1. The van der Waals surface area contributed by atoms with Crippen molar-refractivity contribution in [3.8, 4) is 11.3 Å². The summed E-state index contributed by atoms with van der Waals surface area (Å²) in [5, 5.41) is 4.55. The number of likely N-dealkylation sites (N-methyl/N-ethyl adjacent to an activating group) is 1. The smallest absolute Gasteiger partial charge is 0.156 e. The van der Waals surface area contributed by atoms with Gasteiger partial charge in [0, 0.05) is 61.3 Å². The summed E-state index contributed by atoms with van der Waals surface area (Å²) in [7, 11) is 5.84. The number of nitrogens with zero attached hydrogens (tertiary/aromatic N) is 6. The number of allylic oxidation sites excluding steroid dienone is 1. The van der Waals surface area contributed by atoms with E-state index in [-0.39, 0.29) is 0 Å². The lowest BCUT2D eigenvalue weighted by Crippen LogP contribution is -2.57. The molecule has 1 unspecified atom stereocenters. The normalized spacial score (nSPS) is 23.8. The molecule has 9 heteroatoms. The van der Waals surface area contributed by atoms with Crippen LogP contribution in [0.3, 0.4) is 0 Å². The summed E-state index contributed by atoms with van der Waals surface area (Å²) >= 11 is 0. The number of hydrogen-bond acceptors (Lipinski definition) is 8. The number of ether oxygens (including phenoxy) is 1. The average Bonchev–Trinajstić information content (AvgIpc) is 3.18. The van der Waals surface area contributed by atoms with Gasteiger partial charge in [-0.25, -0.2) is 9.97 Å². The fraction of sp³-hybridized carbons (Fsp3) is 0.522. The van der Waals surface area contributed by atoms with E-state index in [1.165, 1.54) is 12.1 Å². The molecule has 0 radical (unpaired) electrons. The van der Waals surface area contributed by atoms with Crippen LogP contribution in [0.5, 0.6) is 0 Å². The molecule has 4 heterocycles. The van der Waals surface area contributed by atoms with Gasteiger partial charge in [-0.1, -0.05) is 0 Å². The topological polar surface area (TPSA) is 111 Å². The van der Waals surface area contributed by atoms with E-state index in [0.29, 0.717) is 24.0 Å². The summed E-state index contributed by atoms with van der Waals surface area (Å²) in [6, 6.07) is 2.45. The summed E-state index contributed by atoms with van der Waals surface area (Å²) < 4.78 is 7.85. The maximum Gasteiger partial charge on any atom is 0.156 e. The lowest BCUT2D eigenvalue weighted by atomic mass is 9.85. The van der Waals surface area contributed by atoms with Crippen LogP contribution >= 0.6 is 0 Å². The molecule has 1 saturated heterocycles. The van der Waals surface area contributed by atoms with E-state index in [1.807, 2.05) is 18.3 Å². The Bertz CT molecular complexity index is 1080. The summed E-state index contributed by atoms with van der Waals surface area (Å²) in [5.74, 6) is 1.14. The van der Waals surface area contributed by atoms with Gasteiger partial charge < -0.3 is 26.0 Å². The Balaban J connectivity index is 1.46. The predicted molar refractivity (Wildman–Crippen MR) is 122 cm³/mol. The molecule has 9 nitrogen and oxygen atoms in total. The fourth-order valence-corrected chi connectivity index (χ4v) is 4.89. The summed E-state index contributed by atoms with van der Waals surface area (Å²) in [5.41, 5.74) is 17.3. The van der Waals surface area contributed by atoms with Crippen molar-refractivity contribution in [1.29, 1.82) is 0 Å². The van der Waals surface area contributed by atoms with E-state index in [1.54, 1.807) is 13.3 Å². The summed E-state index contributed by atoms with van der Waals surface area (Å²) in [4.78, 5) is 13.9. The van der Waals surface area contributed by atoms with E-state index in [4.69, 9.17) is 21.2 Å². The van der Waals surface area contributed by atoms with Gasteiger partial charge in [0.15, 0.2) is 5.82 Å². The van der Waals surface area contributed by atoms with Gasteiger partial charge >= 0.3 is 0 Å². The highest BCUT2D eigenvalue weighted by atomic mass is 16.5. The minimum atomic E-state index is -1.02. The van der Waals surface area contributed by atoms with Gasteiger partial charge in [0.25, 0.3) is 0 Å². The van der Waals surface area contributed by atoms with Crippen molar-refractivity contribution in [3.63, 3.8) is 0 Å². The van der Waals surface area contributed by atoms with Crippen LogP contribution in [0, 0.1) is 0 Å². The fourth-order valence-electron chi connectivity index (χ4n) is 4.89. The van der Waals surface area contributed by atoms with Crippen molar-refractivity contribution in [3.05, 3.63) is 53.2 Å². The third kappa shape index (κ3) is 3.36. The van der Waals surface area contributed by atoms with Gasteiger partial charge in [0.05, 0.1) is 24.7 Å². The second kappa shape index (κ2) is 7.90. The summed E-state index contributed by atoms with van der Waals surface area (Å²) in [6.07, 6.45) is 9.37. The van der Waals surface area contributed by atoms with Crippen molar-refractivity contribution >= 4 is 0 Å². The first-order chi connectivity index (χ1) is 15.4. The molecule has 2 aromatic rings. The second-order valence-corrected chi connectivity index (χ2v) is 9.24. The molecule has 2 aromatic heterocycles.